The van der Waals surface area contributed by atoms with E-state index in [0.29, 0.717) is 17.7 Å². The summed E-state index contributed by atoms with van der Waals surface area (Å²) < 4.78 is 7.14. The van der Waals surface area contributed by atoms with Crippen LogP contribution in [0.2, 0.25) is 11.1 Å². The average molecular weight is 547 g/mol. The van der Waals surface area contributed by atoms with E-state index in [4.69, 9.17) is 10.2 Å². The lowest BCUT2D eigenvalue weighted by atomic mass is 9.68. The third-order valence-corrected chi connectivity index (χ3v) is 13.8. The van der Waals surface area contributed by atoms with Crippen LogP contribution in [0.5, 0.6) is 0 Å². The molecule has 0 aliphatic carbocycles. The molecule has 3 atom stereocenters. The van der Waals surface area contributed by atoms with E-state index in [-0.39, 0.29) is 11.8 Å². The van der Waals surface area contributed by atoms with E-state index in [2.05, 4.69) is 111 Å². The number of nitrogens with zero attached hydrogens (tertiary/aromatic N) is 1. The first-order valence-corrected chi connectivity index (χ1v) is 16.7. The molecular formula is C34H50N2O2Si. The molecule has 0 aliphatic rings. The molecule has 3 unspecified atom stereocenters. The Kier molecular flexibility index (Phi) is 11.8. The Morgan fingerprint density at radius 3 is 2.28 bits per heavy atom. The molecule has 2 N–H and O–H groups in total. The zero-order valence-electron chi connectivity index (χ0n) is 25.7. The van der Waals surface area contributed by atoms with E-state index in [1.54, 1.807) is 6.08 Å². The van der Waals surface area contributed by atoms with Gasteiger partial charge in [-0.3, -0.25) is 4.79 Å². The van der Waals surface area contributed by atoms with Crippen molar-refractivity contribution in [3.05, 3.63) is 70.8 Å². The number of amides is 1. The quantitative estimate of drug-likeness (QED) is 0.193. The summed E-state index contributed by atoms with van der Waals surface area (Å²) in [6.45, 7) is 20.6. The molecule has 1 amide bonds. The third kappa shape index (κ3) is 7.29. The number of carbonyl (C=O) groups is 1. The molecule has 5 heteroatoms. The van der Waals surface area contributed by atoms with Crippen molar-refractivity contribution in [3.8, 4) is 6.07 Å². The normalized spacial score (nSPS) is 15.3. The first-order chi connectivity index (χ1) is 18.4. The Morgan fingerprint density at radius 1 is 1.08 bits per heavy atom. The molecule has 0 radical (unpaired) electrons. The molecule has 2 aromatic rings. The van der Waals surface area contributed by atoms with Crippen LogP contribution in [0.4, 0.5) is 0 Å². The molecule has 39 heavy (non-hydrogen) atoms. The van der Waals surface area contributed by atoms with E-state index in [0.717, 1.165) is 36.0 Å². The molecule has 2 aromatic carbocycles. The van der Waals surface area contributed by atoms with Crippen LogP contribution in [0, 0.1) is 24.2 Å². The van der Waals surface area contributed by atoms with Crippen molar-refractivity contribution < 1.29 is 9.22 Å². The van der Waals surface area contributed by atoms with Crippen molar-refractivity contribution in [1.82, 2.24) is 0 Å². The fourth-order valence-electron chi connectivity index (χ4n) is 6.20. The smallest absolute Gasteiger partial charge is 0.241 e. The highest BCUT2D eigenvalue weighted by Crippen LogP contribution is 2.40. The summed E-state index contributed by atoms with van der Waals surface area (Å²) in [6, 6.07) is 18.0. The van der Waals surface area contributed by atoms with E-state index in [1.165, 1.54) is 16.8 Å². The van der Waals surface area contributed by atoms with Gasteiger partial charge in [-0.1, -0.05) is 116 Å². The van der Waals surface area contributed by atoms with Gasteiger partial charge in [0.25, 0.3) is 0 Å². The zero-order chi connectivity index (χ0) is 29.4. The van der Waals surface area contributed by atoms with Crippen LogP contribution in [0.25, 0.3) is 6.08 Å². The first-order valence-electron chi connectivity index (χ1n) is 14.6. The molecule has 0 saturated heterocycles. The summed E-state index contributed by atoms with van der Waals surface area (Å²) in [5, 5.41) is 11.8. The SMILES string of the molecule is CCCC(C#N)(c1cccc([Si](OCC(C)c2cc(C)cc(/C=C/C(N)=O)c2)(C(C)C)C(C)C)c1)C(C)CC. The number of hydrogen-bond acceptors (Lipinski definition) is 3. The lowest BCUT2D eigenvalue weighted by Gasteiger charge is -2.41. The summed E-state index contributed by atoms with van der Waals surface area (Å²) >= 11 is 0. The van der Waals surface area contributed by atoms with Crippen molar-refractivity contribution in [3.63, 3.8) is 0 Å². The van der Waals surface area contributed by atoms with Crippen molar-refractivity contribution in [1.29, 1.82) is 5.26 Å². The number of aryl methyl sites for hydroxylation is 1. The predicted octanol–water partition coefficient (Wildman–Crippen LogP) is 7.89. The van der Waals surface area contributed by atoms with E-state index < -0.39 is 19.6 Å². The topological polar surface area (TPSA) is 76.1 Å². The van der Waals surface area contributed by atoms with Gasteiger partial charge in [0.05, 0.1) is 11.5 Å². The molecule has 0 aliphatic heterocycles. The largest absolute Gasteiger partial charge is 0.411 e. The molecule has 0 aromatic heterocycles. The number of nitrogens with two attached hydrogens (primary N) is 1. The van der Waals surface area contributed by atoms with Crippen LogP contribution in [-0.2, 0) is 14.6 Å². The minimum Gasteiger partial charge on any atom is -0.411 e. The third-order valence-electron chi connectivity index (χ3n) is 8.55. The van der Waals surface area contributed by atoms with Crippen LogP contribution in [0.3, 0.4) is 0 Å². The van der Waals surface area contributed by atoms with Crippen molar-refractivity contribution in [2.75, 3.05) is 6.61 Å². The maximum atomic E-state index is 11.2. The lowest BCUT2D eigenvalue weighted by molar-refractivity contribution is -0.113. The molecule has 0 spiro atoms. The second-order valence-electron chi connectivity index (χ2n) is 12.0. The zero-order valence-corrected chi connectivity index (χ0v) is 26.7. The van der Waals surface area contributed by atoms with Gasteiger partial charge in [0.2, 0.25) is 14.2 Å². The van der Waals surface area contributed by atoms with Gasteiger partial charge in [-0.05, 0) is 58.3 Å². The minimum atomic E-state index is -2.45. The second-order valence-corrected chi connectivity index (χ2v) is 16.7. The molecule has 2 rings (SSSR count). The summed E-state index contributed by atoms with van der Waals surface area (Å²) in [4.78, 5) is 11.2. The van der Waals surface area contributed by atoms with E-state index in [1.807, 2.05) is 0 Å². The highest BCUT2D eigenvalue weighted by molar-refractivity contribution is 6.88. The number of rotatable bonds is 14. The second kappa shape index (κ2) is 14.1. The van der Waals surface area contributed by atoms with Gasteiger partial charge in [0.1, 0.15) is 0 Å². The van der Waals surface area contributed by atoms with Gasteiger partial charge in [0.15, 0.2) is 0 Å². The van der Waals surface area contributed by atoms with Crippen molar-refractivity contribution >= 4 is 25.5 Å². The maximum absolute atomic E-state index is 11.2. The fourth-order valence-corrected chi connectivity index (χ4v) is 11.0. The number of benzene rings is 2. The Hall–Kier alpha value is -2.68. The standard InChI is InChI=1S/C34H50N2O2Si/c1-10-17-34(23-35,28(9)11-2)31-13-12-14-32(21-31)39(24(3)4,25(5)6)38-22-27(8)30-19-26(7)18-29(20-30)15-16-33(36)37/h12-16,18-21,24-25,27-28H,10-11,17,22H2,1-9H3,(H2,36,37)/b16-15+. The fraction of sp³-hybridized carbons (Fsp3) is 0.529. The minimum absolute atomic E-state index is 0.177. The van der Waals surface area contributed by atoms with Gasteiger partial charge >= 0.3 is 0 Å². The molecule has 4 nitrogen and oxygen atoms in total. The summed E-state index contributed by atoms with van der Waals surface area (Å²) in [5.41, 5.74) is 9.97. The molecule has 0 bridgehead atoms. The summed E-state index contributed by atoms with van der Waals surface area (Å²) in [7, 11) is -2.45. The number of carbonyl (C=O) groups excluding carboxylic acids is 1. The highest BCUT2D eigenvalue weighted by atomic mass is 28.4. The Morgan fingerprint density at radius 2 is 1.74 bits per heavy atom. The van der Waals surface area contributed by atoms with Gasteiger partial charge in [-0.2, -0.15) is 5.26 Å². The Labute approximate surface area is 238 Å². The van der Waals surface area contributed by atoms with Gasteiger partial charge in [0, 0.05) is 18.6 Å². The van der Waals surface area contributed by atoms with E-state index in [9.17, 15) is 10.1 Å². The number of primary amides is 1. The van der Waals surface area contributed by atoms with Crippen LogP contribution in [0.1, 0.15) is 103 Å². The molecule has 0 fully saturated rings. The Balaban J connectivity index is 2.53. The molecule has 0 saturated carbocycles. The van der Waals surface area contributed by atoms with Gasteiger partial charge in [-0.25, -0.2) is 0 Å². The average Bonchev–Trinajstić information content (AvgIpc) is 2.89. The maximum Gasteiger partial charge on any atom is 0.241 e. The first kappa shape index (κ1) is 32.5. The van der Waals surface area contributed by atoms with Crippen LogP contribution in [-0.4, -0.2) is 20.8 Å². The lowest BCUT2D eigenvalue weighted by Crippen LogP contribution is -2.56. The van der Waals surface area contributed by atoms with Crippen LogP contribution >= 0.6 is 0 Å². The van der Waals surface area contributed by atoms with Gasteiger partial charge < -0.3 is 10.2 Å². The molecular weight excluding hydrogens is 496 g/mol. The van der Waals surface area contributed by atoms with E-state index >= 15 is 0 Å². The predicted molar refractivity (Wildman–Crippen MR) is 167 cm³/mol. The van der Waals surface area contributed by atoms with Crippen molar-refractivity contribution in [2.45, 2.75) is 104 Å². The monoisotopic (exact) mass is 546 g/mol. The van der Waals surface area contributed by atoms with Gasteiger partial charge in [-0.15, -0.1) is 0 Å². The molecule has 212 valence electrons. The van der Waals surface area contributed by atoms with Crippen LogP contribution in [0.15, 0.2) is 48.5 Å². The highest BCUT2D eigenvalue weighted by Gasteiger charge is 2.46. The van der Waals surface area contributed by atoms with Crippen LogP contribution < -0.4 is 10.9 Å². The summed E-state index contributed by atoms with van der Waals surface area (Å²) in [6.07, 6.45) is 5.98. The van der Waals surface area contributed by atoms with Crippen molar-refractivity contribution in [2.24, 2.45) is 11.7 Å². The number of nitriles is 1. The Bertz CT molecular complexity index is 1170. The molecule has 0 heterocycles. The number of hydrogen-bond donors (Lipinski definition) is 1. The summed E-state index contributed by atoms with van der Waals surface area (Å²) in [5.74, 6) is -0.00229.